The van der Waals surface area contributed by atoms with E-state index < -0.39 is 24.0 Å². The minimum Gasteiger partial charge on any atom is -0.481 e. The van der Waals surface area contributed by atoms with Crippen molar-refractivity contribution in [1.29, 1.82) is 0 Å². The Balaban J connectivity index is 1.40. The Morgan fingerprint density at radius 1 is 0.853 bits per heavy atom. The molecule has 0 aromatic heterocycles. The van der Waals surface area contributed by atoms with E-state index >= 15 is 0 Å². The summed E-state index contributed by atoms with van der Waals surface area (Å²) in [5.41, 5.74) is 1.38. The number of aliphatic carboxylic acids is 1. The fourth-order valence-corrected chi connectivity index (χ4v) is 5.81. The van der Waals surface area contributed by atoms with Crippen molar-refractivity contribution < 1.29 is 24.3 Å². The van der Waals surface area contributed by atoms with Gasteiger partial charge in [-0.25, -0.2) is 0 Å². The Morgan fingerprint density at radius 2 is 1.38 bits per heavy atom. The van der Waals surface area contributed by atoms with Crippen LogP contribution in [0.3, 0.4) is 0 Å². The predicted molar refractivity (Wildman–Crippen MR) is 123 cm³/mol. The van der Waals surface area contributed by atoms with E-state index in [4.69, 9.17) is 0 Å². The molecule has 1 saturated heterocycles. The molecule has 7 nitrogen and oxygen atoms in total. The quantitative estimate of drug-likeness (QED) is 0.467. The Hall–Kier alpha value is -3.74. The monoisotopic (exact) mass is 458 g/mol. The highest BCUT2D eigenvalue weighted by Gasteiger charge is 2.60. The molecule has 34 heavy (non-hydrogen) atoms. The van der Waals surface area contributed by atoms with E-state index in [1.165, 1.54) is 4.90 Å². The van der Waals surface area contributed by atoms with E-state index in [2.05, 4.69) is 5.32 Å². The number of hydrogen-bond acceptors (Lipinski definition) is 4. The van der Waals surface area contributed by atoms with Crippen molar-refractivity contribution in [3.05, 3.63) is 83.9 Å². The molecule has 3 amide bonds. The van der Waals surface area contributed by atoms with Crippen molar-refractivity contribution in [2.75, 3.05) is 0 Å². The maximum Gasteiger partial charge on any atom is 0.305 e. The molecular formula is C27H26N2O5. The average Bonchev–Trinajstić information content (AvgIpc) is 3.52. The van der Waals surface area contributed by atoms with E-state index in [9.17, 15) is 24.3 Å². The van der Waals surface area contributed by atoms with Gasteiger partial charge in [-0.15, -0.1) is 0 Å². The highest BCUT2D eigenvalue weighted by atomic mass is 16.4. The number of carboxylic acid groups (broad SMARTS) is 1. The van der Waals surface area contributed by atoms with Crippen LogP contribution in [0.5, 0.6) is 0 Å². The lowest BCUT2D eigenvalue weighted by atomic mass is 9.85. The lowest BCUT2D eigenvalue weighted by Gasteiger charge is -2.28. The smallest absolute Gasteiger partial charge is 0.305 e. The lowest BCUT2D eigenvalue weighted by Crippen LogP contribution is -2.40. The molecule has 6 unspecified atom stereocenters. The SMILES string of the molecule is O=C(O)CC(NC(=O)CC(c1ccccc1)N1C(=O)C2C3C=CC(C3)C2C1=O)c1ccccc1. The Kier molecular flexibility index (Phi) is 5.77. The van der Waals surface area contributed by atoms with E-state index in [0.29, 0.717) is 11.1 Å². The minimum absolute atomic E-state index is 0.0831. The number of allylic oxidation sites excluding steroid dienone is 2. The number of carboxylic acids is 1. The van der Waals surface area contributed by atoms with Crippen LogP contribution in [0.4, 0.5) is 0 Å². The molecule has 2 aromatic carbocycles. The topological polar surface area (TPSA) is 104 Å². The molecule has 6 atom stereocenters. The van der Waals surface area contributed by atoms with Crippen LogP contribution in [0.15, 0.2) is 72.8 Å². The maximum atomic E-state index is 13.4. The zero-order valence-corrected chi connectivity index (χ0v) is 18.5. The number of nitrogens with zero attached hydrogens (tertiary/aromatic N) is 1. The van der Waals surface area contributed by atoms with Crippen molar-refractivity contribution in [3.8, 4) is 0 Å². The van der Waals surface area contributed by atoms with E-state index in [0.717, 1.165) is 6.42 Å². The molecular weight excluding hydrogens is 432 g/mol. The highest BCUT2D eigenvalue weighted by Crippen LogP contribution is 2.54. The molecule has 2 aliphatic carbocycles. The van der Waals surface area contributed by atoms with E-state index in [1.54, 1.807) is 24.3 Å². The first kappa shape index (κ1) is 22.1. The first-order valence-corrected chi connectivity index (χ1v) is 11.6. The number of fused-ring (bicyclic) bond motifs is 5. The number of rotatable bonds is 8. The van der Waals surface area contributed by atoms with Gasteiger partial charge in [-0.1, -0.05) is 72.8 Å². The molecule has 2 bridgehead atoms. The fraction of sp³-hybridized carbons (Fsp3) is 0.333. The second kappa shape index (κ2) is 8.89. The summed E-state index contributed by atoms with van der Waals surface area (Å²) >= 11 is 0. The van der Waals surface area contributed by atoms with Gasteiger partial charge in [0.05, 0.1) is 36.8 Å². The van der Waals surface area contributed by atoms with Crippen LogP contribution in [-0.4, -0.2) is 33.7 Å². The molecule has 7 heteroatoms. The van der Waals surface area contributed by atoms with Gasteiger partial charge in [0.2, 0.25) is 17.7 Å². The third-order valence-corrected chi connectivity index (χ3v) is 7.30. The summed E-state index contributed by atoms with van der Waals surface area (Å²) in [6.07, 6.45) is 4.52. The molecule has 3 aliphatic rings. The van der Waals surface area contributed by atoms with Crippen LogP contribution in [0.1, 0.15) is 42.5 Å². The molecule has 2 fully saturated rings. The van der Waals surface area contributed by atoms with Gasteiger partial charge in [-0.3, -0.25) is 24.1 Å². The number of likely N-dealkylation sites (tertiary alicyclic amines) is 1. The molecule has 1 heterocycles. The molecule has 0 spiro atoms. The summed E-state index contributed by atoms with van der Waals surface area (Å²) in [7, 11) is 0. The van der Waals surface area contributed by atoms with Crippen molar-refractivity contribution in [3.63, 3.8) is 0 Å². The number of carbonyl (C=O) groups excluding carboxylic acids is 3. The predicted octanol–water partition coefficient (Wildman–Crippen LogP) is 3.26. The maximum absolute atomic E-state index is 13.4. The fourth-order valence-electron chi connectivity index (χ4n) is 5.81. The second-order valence-electron chi connectivity index (χ2n) is 9.31. The van der Waals surface area contributed by atoms with Crippen LogP contribution >= 0.6 is 0 Å². The van der Waals surface area contributed by atoms with Crippen LogP contribution in [-0.2, 0) is 19.2 Å². The average molecular weight is 459 g/mol. The van der Waals surface area contributed by atoms with Crippen molar-refractivity contribution in [2.45, 2.75) is 31.3 Å². The molecule has 2 aromatic rings. The summed E-state index contributed by atoms with van der Waals surface area (Å²) < 4.78 is 0. The Labute approximate surface area is 197 Å². The summed E-state index contributed by atoms with van der Waals surface area (Å²) in [5, 5.41) is 12.2. The third-order valence-electron chi connectivity index (χ3n) is 7.30. The number of imide groups is 1. The summed E-state index contributed by atoms with van der Waals surface area (Å²) in [6.45, 7) is 0. The number of carbonyl (C=O) groups is 4. The number of nitrogens with one attached hydrogen (secondary N) is 1. The van der Waals surface area contributed by atoms with Crippen LogP contribution in [0.2, 0.25) is 0 Å². The number of amides is 3. The van der Waals surface area contributed by atoms with Crippen molar-refractivity contribution >= 4 is 23.7 Å². The number of benzene rings is 2. The lowest BCUT2D eigenvalue weighted by molar-refractivity contribution is -0.144. The molecule has 1 saturated carbocycles. The van der Waals surface area contributed by atoms with Gasteiger partial charge in [0.15, 0.2) is 0 Å². The Bertz CT molecular complexity index is 1120. The Morgan fingerprint density at radius 3 is 1.91 bits per heavy atom. The first-order valence-electron chi connectivity index (χ1n) is 11.6. The van der Waals surface area contributed by atoms with Crippen molar-refractivity contribution in [1.82, 2.24) is 10.2 Å². The van der Waals surface area contributed by atoms with Gasteiger partial charge in [0.25, 0.3) is 0 Å². The summed E-state index contributed by atoms with van der Waals surface area (Å²) in [5.74, 6) is -2.39. The van der Waals surface area contributed by atoms with E-state index in [-0.39, 0.29) is 48.3 Å². The largest absolute Gasteiger partial charge is 0.481 e. The highest BCUT2D eigenvalue weighted by molar-refractivity contribution is 6.07. The van der Waals surface area contributed by atoms with Gasteiger partial charge >= 0.3 is 5.97 Å². The molecule has 174 valence electrons. The van der Waals surface area contributed by atoms with Gasteiger partial charge in [0, 0.05) is 0 Å². The standard InChI is InChI=1S/C27H26N2O5/c30-22(28-20(14-23(31)32)16-7-3-1-4-8-16)15-21(17-9-5-2-6-10-17)29-26(33)24-18-11-12-19(13-18)25(24)27(29)34/h1-12,18-21,24-25H,13-15H2,(H,28,30)(H,31,32). The summed E-state index contributed by atoms with van der Waals surface area (Å²) in [4.78, 5) is 52.8. The molecule has 0 radical (unpaired) electrons. The second-order valence-corrected chi connectivity index (χ2v) is 9.31. The van der Waals surface area contributed by atoms with Gasteiger partial charge in [-0.2, -0.15) is 0 Å². The normalized spacial score (nSPS) is 26.4. The van der Waals surface area contributed by atoms with Gasteiger partial charge in [-0.05, 0) is 29.4 Å². The molecule has 1 aliphatic heterocycles. The molecule has 5 rings (SSSR count). The zero-order valence-electron chi connectivity index (χ0n) is 18.5. The number of hydrogen-bond donors (Lipinski definition) is 2. The van der Waals surface area contributed by atoms with Crippen LogP contribution in [0, 0.1) is 23.7 Å². The minimum atomic E-state index is -1.03. The van der Waals surface area contributed by atoms with Crippen LogP contribution in [0.25, 0.3) is 0 Å². The summed E-state index contributed by atoms with van der Waals surface area (Å²) in [6, 6.07) is 16.5. The van der Waals surface area contributed by atoms with Gasteiger partial charge < -0.3 is 10.4 Å². The van der Waals surface area contributed by atoms with E-state index in [1.807, 2.05) is 48.6 Å². The third kappa shape index (κ3) is 3.91. The van der Waals surface area contributed by atoms with Crippen molar-refractivity contribution in [2.24, 2.45) is 23.7 Å². The van der Waals surface area contributed by atoms with Crippen LogP contribution < -0.4 is 5.32 Å². The first-order chi connectivity index (χ1) is 16.4. The molecule has 2 N–H and O–H groups in total. The zero-order chi connectivity index (χ0) is 23.8. The van der Waals surface area contributed by atoms with Gasteiger partial charge in [0.1, 0.15) is 0 Å².